The van der Waals surface area contributed by atoms with E-state index < -0.39 is 9.84 Å². The Morgan fingerprint density at radius 1 is 1.54 bits per heavy atom. The molecule has 0 saturated heterocycles. The van der Waals surface area contributed by atoms with Gasteiger partial charge in [-0.1, -0.05) is 22.9 Å². The van der Waals surface area contributed by atoms with Gasteiger partial charge in [-0.05, 0) is 12.8 Å². The van der Waals surface area contributed by atoms with Crippen LogP contribution in [0.15, 0.2) is 0 Å². The second-order valence-electron chi connectivity index (χ2n) is 2.86. The minimum atomic E-state index is -2.86. The highest BCUT2D eigenvalue weighted by molar-refractivity contribution is 9.09. The molecule has 1 atom stereocenters. The Morgan fingerprint density at radius 2 is 2.15 bits per heavy atom. The van der Waals surface area contributed by atoms with Gasteiger partial charge in [0.25, 0.3) is 0 Å². The first-order chi connectivity index (χ1) is 6.05. The SMILES string of the molecule is CCS(=O)(=O)CCCC(C#N)CBr. The molecule has 0 fully saturated rings. The van der Waals surface area contributed by atoms with Gasteiger partial charge < -0.3 is 0 Å². The monoisotopic (exact) mass is 267 g/mol. The number of hydrogen-bond acceptors (Lipinski definition) is 3. The van der Waals surface area contributed by atoms with E-state index in [4.69, 9.17) is 5.26 Å². The fourth-order valence-electron chi connectivity index (χ4n) is 0.870. The lowest BCUT2D eigenvalue weighted by molar-refractivity contribution is 0.586. The number of sulfone groups is 1. The molecule has 76 valence electrons. The molecule has 5 heteroatoms. The van der Waals surface area contributed by atoms with Crippen LogP contribution >= 0.6 is 15.9 Å². The van der Waals surface area contributed by atoms with Gasteiger partial charge in [0.2, 0.25) is 0 Å². The van der Waals surface area contributed by atoms with Gasteiger partial charge in [0, 0.05) is 11.1 Å². The first-order valence-electron chi connectivity index (χ1n) is 4.21. The highest BCUT2D eigenvalue weighted by atomic mass is 79.9. The normalized spacial score (nSPS) is 13.6. The zero-order valence-electron chi connectivity index (χ0n) is 7.66. The summed E-state index contributed by atoms with van der Waals surface area (Å²) in [5, 5.41) is 9.20. The van der Waals surface area contributed by atoms with Crippen LogP contribution in [0.5, 0.6) is 0 Å². The zero-order chi connectivity index (χ0) is 10.3. The van der Waals surface area contributed by atoms with Crippen LogP contribution in [0, 0.1) is 17.2 Å². The quantitative estimate of drug-likeness (QED) is 0.689. The van der Waals surface area contributed by atoms with E-state index in [1.54, 1.807) is 6.92 Å². The summed E-state index contributed by atoms with van der Waals surface area (Å²) in [5.41, 5.74) is 0. The summed E-state index contributed by atoms with van der Waals surface area (Å²) in [4.78, 5) is 0. The van der Waals surface area contributed by atoms with Crippen molar-refractivity contribution in [2.24, 2.45) is 5.92 Å². The van der Waals surface area contributed by atoms with E-state index >= 15 is 0 Å². The number of halogens is 1. The van der Waals surface area contributed by atoms with Gasteiger partial charge >= 0.3 is 0 Å². The topological polar surface area (TPSA) is 57.9 Å². The fourth-order valence-corrected chi connectivity index (χ4v) is 2.23. The molecule has 0 aromatic carbocycles. The smallest absolute Gasteiger partial charge is 0.150 e. The maximum atomic E-state index is 11.1. The van der Waals surface area contributed by atoms with Crippen LogP contribution in [0.4, 0.5) is 0 Å². The standard InChI is InChI=1S/C8H14BrNO2S/c1-2-13(11,12)5-3-4-8(6-9)7-10/h8H,2-6H2,1H3. The van der Waals surface area contributed by atoms with Crippen LogP contribution in [0.2, 0.25) is 0 Å². The van der Waals surface area contributed by atoms with Crippen molar-refractivity contribution in [1.29, 1.82) is 5.26 Å². The van der Waals surface area contributed by atoms with Crippen molar-refractivity contribution in [3.63, 3.8) is 0 Å². The molecule has 0 bridgehead atoms. The van der Waals surface area contributed by atoms with E-state index in [1.165, 1.54) is 0 Å². The summed E-state index contributed by atoms with van der Waals surface area (Å²) in [6.45, 7) is 1.64. The first-order valence-corrected chi connectivity index (χ1v) is 7.16. The average molecular weight is 268 g/mol. The van der Waals surface area contributed by atoms with Crippen molar-refractivity contribution in [2.75, 3.05) is 16.8 Å². The van der Waals surface area contributed by atoms with Gasteiger partial charge in [0.1, 0.15) is 9.84 Å². The Bertz CT molecular complexity index is 268. The predicted octanol–water partition coefficient (Wildman–Crippen LogP) is 1.74. The summed E-state index contributed by atoms with van der Waals surface area (Å²) in [6, 6.07) is 2.11. The van der Waals surface area contributed by atoms with Crippen LogP contribution in [0.25, 0.3) is 0 Å². The van der Waals surface area contributed by atoms with E-state index in [1.807, 2.05) is 0 Å². The molecular formula is C8H14BrNO2S. The van der Waals surface area contributed by atoms with Gasteiger partial charge in [0.15, 0.2) is 0 Å². The maximum absolute atomic E-state index is 11.1. The lowest BCUT2D eigenvalue weighted by atomic mass is 10.1. The van der Waals surface area contributed by atoms with Crippen molar-refractivity contribution in [2.45, 2.75) is 19.8 Å². The van der Waals surface area contributed by atoms with Crippen molar-refractivity contribution < 1.29 is 8.42 Å². The summed E-state index contributed by atoms with van der Waals surface area (Å²) in [7, 11) is -2.86. The minimum absolute atomic E-state index is 0.0629. The second-order valence-corrected chi connectivity index (χ2v) is 5.98. The van der Waals surface area contributed by atoms with Gasteiger partial charge in [-0.2, -0.15) is 5.26 Å². The van der Waals surface area contributed by atoms with Crippen LogP contribution in [0.3, 0.4) is 0 Å². The van der Waals surface area contributed by atoms with E-state index in [-0.39, 0.29) is 17.4 Å². The molecule has 0 aliphatic heterocycles. The third-order valence-corrected chi connectivity index (χ3v) is 4.39. The molecule has 0 N–H and O–H groups in total. The third kappa shape index (κ3) is 6.05. The number of rotatable bonds is 6. The van der Waals surface area contributed by atoms with Gasteiger partial charge in [-0.25, -0.2) is 8.42 Å². The zero-order valence-corrected chi connectivity index (χ0v) is 10.1. The maximum Gasteiger partial charge on any atom is 0.150 e. The summed E-state index contributed by atoms with van der Waals surface area (Å²) in [6.07, 6.45) is 1.24. The highest BCUT2D eigenvalue weighted by Gasteiger charge is 2.10. The Labute approximate surface area is 88.2 Å². The molecule has 3 nitrogen and oxygen atoms in total. The third-order valence-electron chi connectivity index (χ3n) is 1.82. The first kappa shape index (κ1) is 12.9. The number of nitriles is 1. The largest absolute Gasteiger partial charge is 0.229 e. The summed E-state index contributed by atoms with van der Waals surface area (Å²) in [5.74, 6) is 0.333. The van der Waals surface area contributed by atoms with Crippen LogP contribution in [0.1, 0.15) is 19.8 Å². The molecule has 0 aromatic heterocycles. The Morgan fingerprint density at radius 3 is 2.54 bits per heavy atom. The number of hydrogen-bond donors (Lipinski definition) is 0. The molecule has 0 aromatic rings. The molecule has 1 unspecified atom stereocenters. The van der Waals surface area contributed by atoms with Gasteiger partial charge in [-0.3, -0.25) is 0 Å². The van der Waals surface area contributed by atoms with E-state index in [9.17, 15) is 8.42 Å². The van der Waals surface area contributed by atoms with Gasteiger partial charge in [-0.15, -0.1) is 0 Å². The Hall–Kier alpha value is -0.0800. The Kier molecular flexibility index (Phi) is 6.35. The minimum Gasteiger partial charge on any atom is -0.229 e. The molecule has 0 amide bonds. The summed E-state index contributed by atoms with van der Waals surface area (Å²) >= 11 is 3.20. The lowest BCUT2D eigenvalue weighted by Gasteiger charge is -2.04. The molecule has 0 spiro atoms. The molecule has 0 saturated carbocycles. The van der Waals surface area contributed by atoms with E-state index in [0.717, 1.165) is 0 Å². The molecule has 0 heterocycles. The number of nitrogens with zero attached hydrogens (tertiary/aromatic N) is 1. The van der Waals surface area contributed by atoms with Gasteiger partial charge in [0.05, 0.1) is 17.7 Å². The molecular weight excluding hydrogens is 254 g/mol. The fraction of sp³-hybridized carbons (Fsp3) is 0.875. The summed E-state index contributed by atoms with van der Waals surface area (Å²) < 4.78 is 22.1. The molecule has 13 heavy (non-hydrogen) atoms. The molecule has 0 rings (SSSR count). The van der Waals surface area contributed by atoms with E-state index in [2.05, 4.69) is 22.0 Å². The van der Waals surface area contributed by atoms with Crippen molar-refractivity contribution in [1.82, 2.24) is 0 Å². The van der Waals surface area contributed by atoms with E-state index in [0.29, 0.717) is 18.2 Å². The lowest BCUT2D eigenvalue weighted by Crippen LogP contribution is -2.10. The molecule has 0 aliphatic rings. The average Bonchev–Trinajstić information content (AvgIpc) is 2.12. The van der Waals surface area contributed by atoms with Crippen LogP contribution < -0.4 is 0 Å². The highest BCUT2D eigenvalue weighted by Crippen LogP contribution is 2.09. The van der Waals surface area contributed by atoms with Crippen LogP contribution in [-0.2, 0) is 9.84 Å². The predicted molar refractivity (Wildman–Crippen MR) is 56.5 cm³/mol. The molecule has 0 radical (unpaired) electrons. The second kappa shape index (κ2) is 6.39. The number of alkyl halides is 1. The van der Waals surface area contributed by atoms with Crippen LogP contribution in [-0.4, -0.2) is 25.3 Å². The Balaban J connectivity index is 3.75. The molecule has 0 aliphatic carbocycles. The van der Waals surface area contributed by atoms with Crippen molar-refractivity contribution >= 4 is 25.8 Å². The van der Waals surface area contributed by atoms with Crippen molar-refractivity contribution in [3.8, 4) is 6.07 Å². The van der Waals surface area contributed by atoms with Crippen molar-refractivity contribution in [3.05, 3.63) is 0 Å².